The van der Waals surface area contributed by atoms with E-state index in [0.29, 0.717) is 24.4 Å². The zero-order valence-corrected chi connectivity index (χ0v) is 13.6. The van der Waals surface area contributed by atoms with Gasteiger partial charge in [0, 0.05) is 13.1 Å². The number of hydrogen-bond acceptors (Lipinski definition) is 6. The second-order valence-electron chi connectivity index (χ2n) is 5.46. The van der Waals surface area contributed by atoms with E-state index in [9.17, 15) is 14.4 Å². The number of nitrogens with one attached hydrogen (secondary N) is 1. The van der Waals surface area contributed by atoms with Gasteiger partial charge < -0.3 is 15.0 Å². The number of esters is 1. The van der Waals surface area contributed by atoms with Crippen LogP contribution in [0, 0.1) is 5.92 Å². The van der Waals surface area contributed by atoms with E-state index in [-0.39, 0.29) is 22.7 Å². The third kappa shape index (κ3) is 3.44. The molecule has 120 valence electrons. The zero-order valence-electron chi connectivity index (χ0n) is 12.8. The molecule has 0 bridgehead atoms. The number of methoxy groups -OCH3 is 1. The number of ether oxygens (including phenoxy) is 1. The van der Waals surface area contributed by atoms with Crippen LogP contribution in [0.2, 0.25) is 0 Å². The van der Waals surface area contributed by atoms with E-state index in [1.165, 1.54) is 13.3 Å². The van der Waals surface area contributed by atoms with Gasteiger partial charge in [0.25, 0.3) is 5.91 Å². The van der Waals surface area contributed by atoms with E-state index in [1.807, 2.05) is 13.8 Å². The maximum Gasteiger partial charge on any atom is 0.367 e. The van der Waals surface area contributed by atoms with E-state index < -0.39 is 12.0 Å². The summed E-state index contributed by atoms with van der Waals surface area (Å²) in [5.41, 5.74) is 0. The maximum atomic E-state index is 12.6. The molecule has 7 nitrogen and oxygen atoms in total. The summed E-state index contributed by atoms with van der Waals surface area (Å²) in [6, 6.07) is -0.482. The van der Waals surface area contributed by atoms with Crippen molar-refractivity contribution in [1.82, 2.24) is 15.2 Å². The molecule has 22 heavy (non-hydrogen) atoms. The molecule has 0 aromatic carbocycles. The lowest BCUT2D eigenvalue weighted by Crippen LogP contribution is -2.57. The smallest absolute Gasteiger partial charge is 0.367 e. The molecule has 0 aliphatic carbocycles. The van der Waals surface area contributed by atoms with Crippen LogP contribution in [0.5, 0.6) is 0 Å². The molecule has 1 unspecified atom stereocenters. The van der Waals surface area contributed by atoms with Gasteiger partial charge in [0.2, 0.25) is 10.9 Å². The van der Waals surface area contributed by atoms with Crippen molar-refractivity contribution in [1.29, 1.82) is 0 Å². The van der Waals surface area contributed by atoms with Gasteiger partial charge in [-0.1, -0.05) is 13.8 Å². The summed E-state index contributed by atoms with van der Waals surface area (Å²) >= 11 is 0.981. The second kappa shape index (κ2) is 6.87. The maximum absolute atomic E-state index is 12.6. The Kier molecular flexibility index (Phi) is 5.12. The Morgan fingerprint density at radius 3 is 2.91 bits per heavy atom. The van der Waals surface area contributed by atoms with Crippen LogP contribution < -0.4 is 5.32 Å². The minimum absolute atomic E-state index is 0.132. The highest BCUT2D eigenvalue weighted by molar-refractivity contribution is 7.15. The number of thiazole rings is 1. The first-order valence-corrected chi connectivity index (χ1v) is 7.88. The summed E-state index contributed by atoms with van der Waals surface area (Å²) in [6.45, 7) is 4.90. The number of piperazine rings is 1. The lowest BCUT2D eigenvalue weighted by atomic mass is 10.00. The number of hydrogen-bond donors (Lipinski definition) is 1. The van der Waals surface area contributed by atoms with Crippen molar-refractivity contribution in [2.45, 2.75) is 26.3 Å². The molecule has 1 aliphatic rings. The van der Waals surface area contributed by atoms with Crippen LogP contribution >= 0.6 is 11.3 Å². The van der Waals surface area contributed by atoms with Gasteiger partial charge in [0.15, 0.2) is 0 Å². The van der Waals surface area contributed by atoms with Gasteiger partial charge in [-0.25, -0.2) is 9.78 Å². The number of nitrogens with zero attached hydrogens (tertiary/aromatic N) is 2. The number of rotatable bonds is 4. The number of carbonyl (C=O) groups is 3. The van der Waals surface area contributed by atoms with Crippen molar-refractivity contribution < 1.29 is 19.1 Å². The number of amides is 2. The van der Waals surface area contributed by atoms with Crippen LogP contribution in [0.15, 0.2) is 6.20 Å². The molecule has 2 rings (SSSR count). The highest BCUT2D eigenvalue weighted by Gasteiger charge is 2.34. The van der Waals surface area contributed by atoms with Crippen molar-refractivity contribution in [2.24, 2.45) is 5.92 Å². The van der Waals surface area contributed by atoms with Gasteiger partial charge in [0.05, 0.1) is 13.3 Å². The summed E-state index contributed by atoms with van der Waals surface area (Å²) in [7, 11) is 1.26. The Morgan fingerprint density at radius 1 is 1.55 bits per heavy atom. The van der Waals surface area contributed by atoms with Crippen LogP contribution in [0.25, 0.3) is 0 Å². The van der Waals surface area contributed by atoms with Crippen molar-refractivity contribution in [3.05, 3.63) is 16.1 Å². The molecule has 0 saturated carbocycles. The molecule has 1 atom stereocenters. The lowest BCUT2D eigenvalue weighted by Gasteiger charge is -2.35. The van der Waals surface area contributed by atoms with Crippen LogP contribution in [-0.2, 0) is 9.53 Å². The van der Waals surface area contributed by atoms with Crippen LogP contribution in [0.1, 0.15) is 39.7 Å². The average molecular weight is 325 g/mol. The molecule has 1 N–H and O–H groups in total. The molecular weight excluding hydrogens is 306 g/mol. The van der Waals surface area contributed by atoms with Crippen molar-refractivity contribution in [3.63, 3.8) is 0 Å². The quantitative estimate of drug-likeness (QED) is 0.832. The fraction of sp³-hybridized carbons (Fsp3) is 0.571. The van der Waals surface area contributed by atoms with Gasteiger partial charge in [-0.2, -0.15) is 0 Å². The molecule has 1 saturated heterocycles. The third-order valence-corrected chi connectivity index (χ3v) is 4.33. The molecule has 0 radical (unpaired) electrons. The minimum Gasteiger partial charge on any atom is -0.464 e. The second-order valence-corrected chi connectivity index (χ2v) is 6.49. The average Bonchev–Trinajstić information content (AvgIpc) is 2.97. The standard InChI is InChI=1S/C14H19N3O4S/c1-8(2)6-9-11(18)15-4-5-17(9)13(19)10-7-16-12(22-10)14(20)21-3/h7-9H,4-6H2,1-3H3,(H,15,18). The Morgan fingerprint density at radius 2 is 2.27 bits per heavy atom. The van der Waals surface area contributed by atoms with E-state index in [2.05, 4.69) is 15.0 Å². The summed E-state index contributed by atoms with van der Waals surface area (Å²) in [6.07, 6.45) is 1.96. The monoisotopic (exact) mass is 325 g/mol. The zero-order chi connectivity index (χ0) is 16.3. The summed E-state index contributed by atoms with van der Waals surface area (Å²) in [4.78, 5) is 41.9. The molecule has 1 fully saturated rings. The van der Waals surface area contributed by atoms with Gasteiger partial charge in [-0.3, -0.25) is 9.59 Å². The molecule has 1 aromatic rings. The van der Waals surface area contributed by atoms with Crippen LogP contribution in [0.4, 0.5) is 0 Å². The van der Waals surface area contributed by atoms with E-state index >= 15 is 0 Å². The Balaban J connectivity index is 2.20. The molecule has 2 amide bonds. The first-order valence-electron chi connectivity index (χ1n) is 7.06. The summed E-state index contributed by atoms with van der Waals surface area (Å²) in [5.74, 6) is -0.686. The van der Waals surface area contributed by atoms with Crippen molar-refractivity contribution >= 4 is 29.1 Å². The minimum atomic E-state index is -0.570. The predicted molar refractivity (Wildman–Crippen MR) is 80.7 cm³/mol. The van der Waals surface area contributed by atoms with Gasteiger partial charge in [-0.05, 0) is 12.3 Å². The van der Waals surface area contributed by atoms with E-state index in [1.54, 1.807) is 4.90 Å². The fourth-order valence-corrected chi connectivity index (χ4v) is 3.13. The molecule has 1 aliphatic heterocycles. The first-order chi connectivity index (χ1) is 10.4. The number of carbonyl (C=O) groups excluding carboxylic acids is 3. The van der Waals surface area contributed by atoms with E-state index in [0.717, 1.165) is 11.3 Å². The SMILES string of the molecule is COC(=O)c1ncc(C(=O)N2CCNC(=O)C2CC(C)C)s1. The summed E-state index contributed by atoms with van der Waals surface area (Å²) in [5, 5.41) is 2.92. The normalized spacial score (nSPS) is 18.3. The third-order valence-electron chi connectivity index (χ3n) is 3.36. The Bertz CT molecular complexity index is 584. The molecule has 8 heteroatoms. The van der Waals surface area contributed by atoms with Gasteiger partial charge in [-0.15, -0.1) is 11.3 Å². The van der Waals surface area contributed by atoms with Crippen LogP contribution in [-0.4, -0.2) is 53.9 Å². The van der Waals surface area contributed by atoms with Gasteiger partial charge >= 0.3 is 5.97 Å². The van der Waals surface area contributed by atoms with Crippen molar-refractivity contribution in [3.8, 4) is 0 Å². The fourth-order valence-electron chi connectivity index (χ4n) is 2.33. The van der Waals surface area contributed by atoms with E-state index in [4.69, 9.17) is 0 Å². The molecular formula is C14H19N3O4S. The lowest BCUT2D eigenvalue weighted by molar-refractivity contribution is -0.128. The largest absolute Gasteiger partial charge is 0.464 e. The Hall–Kier alpha value is -1.96. The highest BCUT2D eigenvalue weighted by atomic mass is 32.1. The highest BCUT2D eigenvalue weighted by Crippen LogP contribution is 2.21. The van der Waals surface area contributed by atoms with Crippen molar-refractivity contribution in [2.75, 3.05) is 20.2 Å². The molecule has 2 heterocycles. The summed E-state index contributed by atoms with van der Waals surface area (Å²) < 4.78 is 4.59. The molecule has 0 spiro atoms. The molecule has 1 aromatic heterocycles. The Labute approximate surface area is 132 Å². The number of aromatic nitrogens is 1. The first kappa shape index (κ1) is 16.4. The van der Waals surface area contributed by atoms with Crippen LogP contribution in [0.3, 0.4) is 0 Å². The predicted octanol–water partition coefficient (Wildman–Crippen LogP) is 0.916. The van der Waals surface area contributed by atoms with Gasteiger partial charge in [0.1, 0.15) is 10.9 Å². The topological polar surface area (TPSA) is 88.6 Å².